The number of aromatic nitrogens is 2. The maximum atomic E-state index is 13.1. The van der Waals surface area contributed by atoms with Gasteiger partial charge in [-0.15, -0.1) is 0 Å². The van der Waals surface area contributed by atoms with Crippen molar-refractivity contribution in [2.75, 3.05) is 29.6 Å². The highest BCUT2D eigenvalue weighted by Crippen LogP contribution is 2.27. The summed E-state index contributed by atoms with van der Waals surface area (Å²) in [6.07, 6.45) is 4.28. The van der Waals surface area contributed by atoms with E-state index in [0.29, 0.717) is 18.8 Å². The highest BCUT2D eigenvalue weighted by atomic mass is 32.2. The van der Waals surface area contributed by atoms with Crippen molar-refractivity contribution in [1.29, 1.82) is 0 Å². The van der Waals surface area contributed by atoms with E-state index in [4.69, 9.17) is 4.74 Å². The largest absolute Gasteiger partial charge is 0.496 e. The summed E-state index contributed by atoms with van der Waals surface area (Å²) in [4.78, 5) is 22.4. The van der Waals surface area contributed by atoms with Gasteiger partial charge in [-0.2, -0.15) is 0 Å². The molecule has 4 rings (SSSR count). The summed E-state index contributed by atoms with van der Waals surface area (Å²) < 4.78 is 61.5. The fourth-order valence-electron chi connectivity index (χ4n) is 3.88. The molecule has 1 aliphatic rings. The summed E-state index contributed by atoms with van der Waals surface area (Å²) in [7, 11) is -6.65. The lowest BCUT2D eigenvalue weighted by molar-refractivity contribution is 0.0720. The number of methoxy groups -OCH3 is 1. The molecule has 2 heterocycles. The van der Waals surface area contributed by atoms with Crippen LogP contribution in [0.3, 0.4) is 0 Å². The number of amides is 1. The molecule has 0 unspecified atom stereocenters. The molecule has 1 fully saturated rings. The van der Waals surface area contributed by atoms with Crippen LogP contribution in [0.5, 0.6) is 5.75 Å². The molecule has 3 aromatic rings. The van der Waals surface area contributed by atoms with Crippen molar-refractivity contribution in [2.45, 2.75) is 36.0 Å². The number of nitrogens with one attached hydrogen (secondary N) is 2. The normalized spacial score (nSPS) is 14.2. The molecule has 0 radical (unpaired) electrons. The van der Waals surface area contributed by atoms with Crippen LogP contribution in [0, 0.1) is 6.92 Å². The molecule has 1 amide bonds. The van der Waals surface area contributed by atoms with Crippen LogP contribution in [0.2, 0.25) is 0 Å². The summed E-state index contributed by atoms with van der Waals surface area (Å²) in [6.45, 7) is 2.92. The molecule has 13 heteroatoms. The number of rotatable bonds is 8. The number of carbonyl (C=O) groups is 1. The Hall–Kier alpha value is -3.71. The van der Waals surface area contributed by atoms with Crippen molar-refractivity contribution in [1.82, 2.24) is 14.9 Å². The molecule has 0 bridgehead atoms. The third kappa shape index (κ3) is 6.17. The molecule has 196 valence electrons. The smallest absolute Gasteiger partial charge is 0.264 e. The van der Waals surface area contributed by atoms with Gasteiger partial charge in [-0.3, -0.25) is 9.52 Å². The van der Waals surface area contributed by atoms with Crippen molar-refractivity contribution in [3.8, 4) is 5.75 Å². The van der Waals surface area contributed by atoms with Crippen LogP contribution in [0.15, 0.2) is 64.5 Å². The number of piperidine rings is 1. The highest BCUT2D eigenvalue weighted by molar-refractivity contribution is 7.93. The monoisotopic (exact) mass is 545 g/mol. The Bertz CT molecular complexity index is 1500. The summed E-state index contributed by atoms with van der Waals surface area (Å²) in [5.74, 6) is -0.0680. The summed E-state index contributed by atoms with van der Waals surface area (Å²) >= 11 is 0. The molecule has 0 saturated carbocycles. The molecule has 2 N–H and O–H groups in total. The number of ether oxygens (including phenoxy) is 1. The maximum Gasteiger partial charge on any atom is 0.264 e. The zero-order chi connectivity index (χ0) is 26.6. The third-order valence-corrected chi connectivity index (χ3v) is 8.52. The molecule has 1 saturated heterocycles. The number of nitrogens with zero attached hydrogens (tertiary/aromatic N) is 3. The summed E-state index contributed by atoms with van der Waals surface area (Å²) in [5.41, 5.74) is 0.903. The Morgan fingerprint density at radius 3 is 2.19 bits per heavy atom. The van der Waals surface area contributed by atoms with Crippen LogP contribution < -0.4 is 14.2 Å². The number of carbonyl (C=O) groups excluding carboxylic acids is 1. The van der Waals surface area contributed by atoms with E-state index in [1.807, 2.05) is 0 Å². The van der Waals surface area contributed by atoms with Gasteiger partial charge in [0.15, 0.2) is 0 Å². The van der Waals surface area contributed by atoms with Crippen molar-refractivity contribution in [3.05, 3.63) is 66.0 Å². The van der Waals surface area contributed by atoms with Crippen LogP contribution in [-0.2, 0) is 20.0 Å². The predicted octanol–water partition coefficient (Wildman–Crippen LogP) is 3.02. The highest BCUT2D eigenvalue weighted by Gasteiger charge is 2.25. The quantitative estimate of drug-likeness (QED) is 0.439. The van der Waals surface area contributed by atoms with Gasteiger partial charge in [0, 0.05) is 30.7 Å². The lowest BCUT2D eigenvalue weighted by Gasteiger charge is -2.27. The third-order valence-electron chi connectivity index (χ3n) is 5.79. The second-order valence-corrected chi connectivity index (χ2v) is 11.8. The first kappa shape index (κ1) is 26.4. The minimum Gasteiger partial charge on any atom is -0.496 e. The van der Waals surface area contributed by atoms with Crippen molar-refractivity contribution in [2.24, 2.45) is 0 Å². The van der Waals surface area contributed by atoms with Crippen molar-refractivity contribution in [3.63, 3.8) is 0 Å². The van der Waals surface area contributed by atoms with E-state index in [9.17, 15) is 21.6 Å². The number of likely N-dealkylation sites (tertiary alicyclic amines) is 1. The summed E-state index contributed by atoms with van der Waals surface area (Å²) in [6, 6.07) is 10.9. The second-order valence-electron chi connectivity index (χ2n) is 8.47. The number of sulfonamides is 2. The minimum absolute atomic E-state index is 0.0702. The SMILES string of the molecule is COc1ccc(S(=O)(=O)Nc2ccc(S(=O)(=O)Nc3nccc(C)n3)cc2)cc1C(=O)N1CCCCC1. The molecule has 0 spiro atoms. The van der Waals surface area contributed by atoms with Gasteiger partial charge in [0.2, 0.25) is 5.95 Å². The molecule has 37 heavy (non-hydrogen) atoms. The number of anilines is 2. The van der Waals surface area contributed by atoms with Crippen LogP contribution in [0.1, 0.15) is 35.3 Å². The lowest BCUT2D eigenvalue weighted by atomic mass is 10.1. The molecular formula is C24H27N5O6S2. The van der Waals surface area contributed by atoms with Gasteiger partial charge in [0.05, 0.1) is 22.5 Å². The fraction of sp³-hybridized carbons (Fsp3) is 0.292. The minimum atomic E-state index is -4.09. The zero-order valence-corrected chi connectivity index (χ0v) is 22.0. The van der Waals surface area contributed by atoms with Gasteiger partial charge in [-0.05, 0) is 74.7 Å². The standard InChI is InChI=1S/C24H27N5O6S2/c1-17-12-13-25-24(26-17)28-36(31,32)19-8-6-18(7-9-19)27-37(33,34)20-10-11-22(35-2)21(16-20)23(30)29-14-4-3-5-15-29/h6-13,16,27H,3-5,14-15H2,1-2H3,(H,25,26,28). The Morgan fingerprint density at radius 1 is 0.892 bits per heavy atom. The Morgan fingerprint density at radius 2 is 1.54 bits per heavy atom. The molecule has 1 aliphatic heterocycles. The zero-order valence-electron chi connectivity index (χ0n) is 20.3. The maximum absolute atomic E-state index is 13.1. The Labute approximate surface area is 216 Å². The number of benzene rings is 2. The molecule has 2 aromatic carbocycles. The van der Waals surface area contributed by atoms with E-state index in [-0.39, 0.29) is 38.6 Å². The van der Waals surface area contributed by atoms with Crippen LogP contribution in [-0.4, -0.2) is 57.8 Å². The van der Waals surface area contributed by atoms with E-state index < -0.39 is 20.0 Å². The second kappa shape index (κ2) is 10.7. The number of hydrogen-bond acceptors (Lipinski definition) is 8. The Balaban J connectivity index is 1.53. The Kier molecular flexibility index (Phi) is 7.64. The van der Waals surface area contributed by atoms with Gasteiger partial charge in [-0.25, -0.2) is 31.5 Å². The molecule has 11 nitrogen and oxygen atoms in total. The van der Waals surface area contributed by atoms with Gasteiger partial charge in [0.25, 0.3) is 26.0 Å². The van der Waals surface area contributed by atoms with Gasteiger partial charge < -0.3 is 9.64 Å². The van der Waals surface area contributed by atoms with E-state index >= 15 is 0 Å². The average Bonchev–Trinajstić information content (AvgIpc) is 2.88. The van der Waals surface area contributed by atoms with Gasteiger partial charge >= 0.3 is 0 Å². The van der Waals surface area contributed by atoms with Gasteiger partial charge in [0.1, 0.15) is 5.75 Å². The lowest BCUT2D eigenvalue weighted by Crippen LogP contribution is -2.35. The van der Waals surface area contributed by atoms with Crippen LogP contribution in [0.4, 0.5) is 11.6 Å². The topological polar surface area (TPSA) is 148 Å². The number of aryl methyl sites for hydroxylation is 1. The fourth-order valence-corrected chi connectivity index (χ4v) is 5.92. The van der Waals surface area contributed by atoms with Crippen molar-refractivity contribution < 1.29 is 26.4 Å². The first-order chi connectivity index (χ1) is 17.6. The first-order valence-corrected chi connectivity index (χ1v) is 14.5. The van der Waals surface area contributed by atoms with E-state index in [1.165, 1.54) is 55.8 Å². The van der Waals surface area contributed by atoms with Crippen molar-refractivity contribution >= 4 is 37.6 Å². The van der Waals surface area contributed by atoms with Crippen LogP contribution >= 0.6 is 0 Å². The van der Waals surface area contributed by atoms with Crippen LogP contribution in [0.25, 0.3) is 0 Å². The summed E-state index contributed by atoms with van der Waals surface area (Å²) in [5, 5.41) is 0. The molecule has 1 aromatic heterocycles. The predicted molar refractivity (Wildman–Crippen MR) is 138 cm³/mol. The first-order valence-electron chi connectivity index (χ1n) is 11.5. The molecule has 0 atom stereocenters. The molecular weight excluding hydrogens is 518 g/mol. The molecule has 0 aliphatic carbocycles. The van der Waals surface area contributed by atoms with E-state index in [2.05, 4.69) is 19.4 Å². The number of hydrogen-bond donors (Lipinski definition) is 2. The van der Waals surface area contributed by atoms with Gasteiger partial charge in [-0.1, -0.05) is 0 Å². The average molecular weight is 546 g/mol. The van der Waals surface area contributed by atoms with E-state index in [1.54, 1.807) is 17.9 Å². The van der Waals surface area contributed by atoms with E-state index in [0.717, 1.165) is 19.3 Å².